The summed E-state index contributed by atoms with van der Waals surface area (Å²) in [5, 5.41) is -0.142. The van der Waals surface area contributed by atoms with E-state index in [0.29, 0.717) is 17.4 Å². The normalized spacial score (nSPS) is 12.1. The molecule has 0 radical (unpaired) electrons. The van der Waals surface area contributed by atoms with Crippen LogP contribution in [0.25, 0.3) is 0 Å². The van der Waals surface area contributed by atoms with Crippen molar-refractivity contribution in [2.24, 2.45) is 0 Å². The lowest BCUT2D eigenvalue weighted by molar-refractivity contribution is -0.137. The fourth-order valence-corrected chi connectivity index (χ4v) is 3.38. The van der Waals surface area contributed by atoms with Crippen molar-refractivity contribution >= 4 is 27.3 Å². The number of halogens is 4. The van der Waals surface area contributed by atoms with Gasteiger partial charge in [-0.05, 0) is 48.9 Å². The van der Waals surface area contributed by atoms with E-state index in [1.165, 1.54) is 25.3 Å². The van der Waals surface area contributed by atoms with E-state index in [0.717, 1.165) is 12.1 Å². The lowest BCUT2D eigenvalue weighted by Crippen LogP contribution is -2.14. The molecule has 4 nitrogen and oxygen atoms in total. The minimum Gasteiger partial charge on any atom is -0.496 e. The van der Waals surface area contributed by atoms with Crippen molar-refractivity contribution in [3.05, 3.63) is 52.5 Å². The van der Waals surface area contributed by atoms with Gasteiger partial charge in [0.1, 0.15) is 5.75 Å². The Bertz CT molecular complexity index is 867. The molecule has 0 bridgehead atoms. The van der Waals surface area contributed by atoms with Crippen molar-refractivity contribution in [1.82, 2.24) is 0 Å². The first kappa shape index (κ1) is 18.4. The predicted molar refractivity (Wildman–Crippen MR) is 85.0 cm³/mol. The second kappa shape index (κ2) is 6.52. The molecular formula is C15H13ClF3NO3S. The zero-order valence-electron chi connectivity index (χ0n) is 12.6. The summed E-state index contributed by atoms with van der Waals surface area (Å²) in [6, 6.07) is 6.51. The van der Waals surface area contributed by atoms with E-state index >= 15 is 0 Å². The second-order valence-corrected chi connectivity index (χ2v) is 7.02. The Kier molecular flexibility index (Phi) is 5.00. The van der Waals surface area contributed by atoms with Crippen LogP contribution < -0.4 is 9.46 Å². The van der Waals surface area contributed by atoms with Crippen LogP contribution in [0.5, 0.6) is 5.75 Å². The maximum Gasteiger partial charge on any atom is 0.416 e. The Labute approximate surface area is 142 Å². The molecule has 2 aromatic rings. The van der Waals surface area contributed by atoms with Crippen LogP contribution in [0.3, 0.4) is 0 Å². The molecule has 0 saturated heterocycles. The molecule has 9 heteroatoms. The average molecular weight is 380 g/mol. The summed E-state index contributed by atoms with van der Waals surface area (Å²) in [5.74, 6) is 0.492. The van der Waals surface area contributed by atoms with Gasteiger partial charge in [0, 0.05) is 0 Å². The number of hydrogen-bond donors (Lipinski definition) is 1. The Hall–Kier alpha value is -1.93. The van der Waals surface area contributed by atoms with E-state index in [1.54, 1.807) is 6.92 Å². The van der Waals surface area contributed by atoms with E-state index in [4.69, 9.17) is 16.3 Å². The maximum absolute atomic E-state index is 12.8. The Morgan fingerprint density at radius 1 is 1.12 bits per heavy atom. The van der Waals surface area contributed by atoms with Gasteiger partial charge in [-0.3, -0.25) is 4.72 Å². The largest absolute Gasteiger partial charge is 0.496 e. The first-order chi connectivity index (χ1) is 11.0. The third-order valence-electron chi connectivity index (χ3n) is 3.21. The van der Waals surface area contributed by atoms with E-state index in [2.05, 4.69) is 4.72 Å². The monoisotopic (exact) mass is 379 g/mol. The number of nitrogens with one attached hydrogen (secondary N) is 1. The van der Waals surface area contributed by atoms with Crippen molar-refractivity contribution in [3.8, 4) is 5.75 Å². The fraction of sp³-hybridized carbons (Fsp3) is 0.200. The summed E-state index contributed by atoms with van der Waals surface area (Å²) in [6.07, 6.45) is -4.61. The summed E-state index contributed by atoms with van der Waals surface area (Å²) in [4.78, 5) is -0.116. The molecule has 0 aliphatic rings. The number of sulfonamides is 1. The summed E-state index contributed by atoms with van der Waals surface area (Å²) < 4.78 is 70.1. The number of anilines is 1. The van der Waals surface area contributed by atoms with Crippen LogP contribution in [0.15, 0.2) is 41.3 Å². The number of alkyl halides is 3. The highest BCUT2D eigenvalue weighted by atomic mass is 35.5. The quantitative estimate of drug-likeness (QED) is 0.852. The lowest BCUT2D eigenvalue weighted by atomic mass is 10.2. The lowest BCUT2D eigenvalue weighted by Gasteiger charge is -2.14. The molecule has 0 saturated carbocycles. The van der Waals surface area contributed by atoms with E-state index in [-0.39, 0.29) is 15.6 Å². The first-order valence-electron chi connectivity index (χ1n) is 6.59. The Morgan fingerprint density at radius 2 is 1.79 bits per heavy atom. The second-order valence-electron chi connectivity index (χ2n) is 4.93. The van der Waals surface area contributed by atoms with Gasteiger partial charge in [0.15, 0.2) is 0 Å². The number of hydrogen-bond acceptors (Lipinski definition) is 3. The van der Waals surface area contributed by atoms with Gasteiger partial charge in [0.25, 0.3) is 10.0 Å². The molecule has 0 aliphatic carbocycles. The highest BCUT2D eigenvalue weighted by Gasteiger charge is 2.31. The molecule has 0 unspecified atom stereocenters. The van der Waals surface area contributed by atoms with Crippen LogP contribution in [0.4, 0.5) is 18.9 Å². The number of methoxy groups -OCH3 is 1. The molecule has 1 N–H and O–H groups in total. The maximum atomic E-state index is 12.8. The van der Waals surface area contributed by atoms with Crippen molar-refractivity contribution < 1.29 is 26.3 Å². The van der Waals surface area contributed by atoms with Crippen LogP contribution in [-0.4, -0.2) is 15.5 Å². The van der Waals surface area contributed by atoms with Crippen LogP contribution >= 0.6 is 11.6 Å². The van der Waals surface area contributed by atoms with Crippen LogP contribution in [0.1, 0.15) is 11.1 Å². The fourth-order valence-electron chi connectivity index (χ4n) is 2.00. The molecule has 0 heterocycles. The standard InChI is InChI=1S/C15H13ClF3NO3S/c1-9-7-11(4-6-14(9)23-2)24(21,22)20-13-8-10(15(17,18)19)3-5-12(13)16/h3-8,20H,1-2H3. The summed E-state index contributed by atoms with van der Waals surface area (Å²) in [6.45, 7) is 1.65. The van der Waals surface area contributed by atoms with E-state index < -0.39 is 21.8 Å². The van der Waals surface area contributed by atoms with E-state index in [9.17, 15) is 21.6 Å². The van der Waals surface area contributed by atoms with Crippen LogP contribution in [-0.2, 0) is 16.2 Å². The van der Waals surface area contributed by atoms with Gasteiger partial charge in [-0.25, -0.2) is 8.42 Å². The van der Waals surface area contributed by atoms with Gasteiger partial charge in [0.05, 0.1) is 28.3 Å². The van der Waals surface area contributed by atoms with Gasteiger partial charge in [-0.15, -0.1) is 0 Å². The number of ether oxygens (including phenoxy) is 1. The molecule has 2 aromatic carbocycles. The molecule has 0 spiro atoms. The minimum atomic E-state index is -4.61. The summed E-state index contributed by atoms with van der Waals surface area (Å²) in [5.41, 5.74) is -0.786. The molecular weight excluding hydrogens is 367 g/mol. The van der Waals surface area contributed by atoms with E-state index in [1.807, 2.05) is 0 Å². The van der Waals surface area contributed by atoms with Crippen LogP contribution in [0, 0.1) is 6.92 Å². The zero-order valence-corrected chi connectivity index (χ0v) is 14.2. The van der Waals surface area contributed by atoms with Crippen molar-refractivity contribution in [2.75, 3.05) is 11.8 Å². The number of rotatable bonds is 4. The summed E-state index contributed by atoms with van der Waals surface area (Å²) >= 11 is 5.80. The predicted octanol–water partition coefficient (Wildman–Crippen LogP) is 4.48. The molecule has 24 heavy (non-hydrogen) atoms. The third-order valence-corrected chi connectivity index (χ3v) is 4.91. The van der Waals surface area contributed by atoms with Gasteiger partial charge in [0.2, 0.25) is 0 Å². The molecule has 0 atom stereocenters. The molecule has 0 amide bonds. The smallest absolute Gasteiger partial charge is 0.416 e. The average Bonchev–Trinajstić information content (AvgIpc) is 2.48. The Morgan fingerprint density at radius 3 is 2.33 bits per heavy atom. The van der Waals surface area contributed by atoms with Crippen LogP contribution in [0.2, 0.25) is 5.02 Å². The molecule has 130 valence electrons. The van der Waals surface area contributed by atoms with Gasteiger partial charge < -0.3 is 4.74 Å². The molecule has 0 fully saturated rings. The third kappa shape index (κ3) is 3.93. The first-order valence-corrected chi connectivity index (χ1v) is 8.45. The van der Waals surface area contributed by atoms with Gasteiger partial charge in [-0.1, -0.05) is 11.6 Å². The number of benzene rings is 2. The minimum absolute atomic E-state index is 0.116. The highest BCUT2D eigenvalue weighted by molar-refractivity contribution is 7.92. The van der Waals surface area contributed by atoms with Gasteiger partial charge >= 0.3 is 6.18 Å². The molecule has 2 rings (SSSR count). The highest BCUT2D eigenvalue weighted by Crippen LogP contribution is 2.34. The zero-order chi connectivity index (χ0) is 18.1. The topological polar surface area (TPSA) is 55.4 Å². The molecule has 0 aromatic heterocycles. The van der Waals surface area contributed by atoms with Crippen molar-refractivity contribution in [1.29, 1.82) is 0 Å². The van der Waals surface area contributed by atoms with Gasteiger partial charge in [-0.2, -0.15) is 13.2 Å². The van der Waals surface area contributed by atoms with Crippen molar-refractivity contribution in [3.63, 3.8) is 0 Å². The molecule has 0 aliphatic heterocycles. The van der Waals surface area contributed by atoms with Crippen molar-refractivity contribution in [2.45, 2.75) is 18.0 Å². The summed E-state index contributed by atoms with van der Waals surface area (Å²) in [7, 11) is -2.66. The Balaban J connectivity index is 2.41. The number of aryl methyl sites for hydroxylation is 1. The SMILES string of the molecule is COc1ccc(S(=O)(=O)Nc2cc(C(F)(F)F)ccc2Cl)cc1C.